The molecule has 0 aliphatic rings. The quantitative estimate of drug-likeness (QED) is 0.479. The maximum atomic E-state index is 12.6. The van der Waals surface area contributed by atoms with E-state index in [2.05, 4.69) is 15.8 Å². The molecule has 0 bridgehead atoms. The highest BCUT2D eigenvalue weighted by molar-refractivity contribution is 7.92. The Morgan fingerprint density at radius 2 is 1.57 bits per heavy atom. The molecule has 6 heteroatoms. The normalized spacial score (nSPS) is 11.5. The summed E-state index contributed by atoms with van der Waals surface area (Å²) in [7, 11) is -3.72. The van der Waals surface area contributed by atoms with E-state index in [9.17, 15) is 13.2 Å². The number of aromatic nitrogens is 1. The van der Waals surface area contributed by atoms with E-state index in [-0.39, 0.29) is 10.7 Å². The predicted molar refractivity (Wildman–Crippen MR) is 111 cm³/mol. The summed E-state index contributed by atoms with van der Waals surface area (Å²) in [5, 5.41) is 1.12. The minimum absolute atomic E-state index is 0.107. The average molecular weight is 390 g/mol. The van der Waals surface area contributed by atoms with Gasteiger partial charge < -0.3 is 4.98 Å². The molecule has 0 aliphatic carbocycles. The zero-order valence-corrected chi connectivity index (χ0v) is 16.0. The second-order valence-corrected chi connectivity index (χ2v) is 8.22. The number of hydrogen-bond acceptors (Lipinski definition) is 3. The number of Topliss-reactive ketones (excluding diaryl/α,β-unsaturated/α-hetero) is 1. The first-order valence-electron chi connectivity index (χ1n) is 8.74. The van der Waals surface area contributed by atoms with Gasteiger partial charge in [0, 0.05) is 27.8 Å². The maximum Gasteiger partial charge on any atom is 0.261 e. The van der Waals surface area contributed by atoms with Gasteiger partial charge in [0.2, 0.25) is 0 Å². The molecule has 0 atom stereocenters. The van der Waals surface area contributed by atoms with Gasteiger partial charge in [-0.1, -0.05) is 42.5 Å². The van der Waals surface area contributed by atoms with Crippen LogP contribution in [0.2, 0.25) is 0 Å². The van der Waals surface area contributed by atoms with Crippen LogP contribution in [0, 0.1) is 0 Å². The number of para-hydroxylation sites is 1. The van der Waals surface area contributed by atoms with Crippen LogP contribution in [0.5, 0.6) is 0 Å². The number of hydrogen-bond donors (Lipinski definition) is 2. The molecule has 140 valence electrons. The second kappa shape index (κ2) is 6.98. The van der Waals surface area contributed by atoms with Crippen molar-refractivity contribution in [3.05, 3.63) is 84.4 Å². The SMILES string of the molecule is CC(=O)c1ccc(S(=O)(=O)Nc2ccc(-c3cc4ccccc4[nH]3)cc2)cc1. The summed E-state index contributed by atoms with van der Waals surface area (Å²) in [6.45, 7) is 1.44. The first kappa shape index (κ1) is 18.0. The molecular formula is C22H18N2O3S. The van der Waals surface area contributed by atoms with Crippen LogP contribution in [-0.2, 0) is 10.0 Å². The highest BCUT2D eigenvalue weighted by Gasteiger charge is 2.15. The summed E-state index contributed by atoms with van der Waals surface area (Å²) in [5.74, 6) is -0.107. The molecule has 3 aromatic carbocycles. The summed E-state index contributed by atoms with van der Waals surface area (Å²) in [5.41, 5.74) is 3.92. The summed E-state index contributed by atoms with van der Waals surface area (Å²) in [4.78, 5) is 14.8. The average Bonchev–Trinajstić information content (AvgIpc) is 3.12. The summed E-state index contributed by atoms with van der Waals surface area (Å²) >= 11 is 0. The number of sulfonamides is 1. The fourth-order valence-electron chi connectivity index (χ4n) is 3.03. The van der Waals surface area contributed by atoms with Crippen molar-refractivity contribution in [3.63, 3.8) is 0 Å². The van der Waals surface area contributed by atoms with Crippen molar-refractivity contribution in [1.29, 1.82) is 0 Å². The third-order valence-corrected chi connectivity index (χ3v) is 5.95. The zero-order valence-electron chi connectivity index (χ0n) is 15.1. The van der Waals surface area contributed by atoms with Crippen molar-refractivity contribution in [1.82, 2.24) is 4.98 Å². The monoisotopic (exact) mass is 390 g/mol. The standard InChI is InChI=1S/C22H18N2O3S/c1-15(25)16-8-12-20(13-9-16)28(26,27)24-19-10-6-17(7-11-19)22-14-18-4-2-3-5-21(18)23-22/h2-14,23-24H,1H3. The Labute approximate surface area is 163 Å². The van der Waals surface area contributed by atoms with Crippen molar-refractivity contribution in [3.8, 4) is 11.3 Å². The first-order valence-corrected chi connectivity index (χ1v) is 10.2. The van der Waals surface area contributed by atoms with Crippen LogP contribution in [0.1, 0.15) is 17.3 Å². The van der Waals surface area contributed by atoms with Gasteiger partial charge in [-0.25, -0.2) is 8.42 Å². The molecule has 2 N–H and O–H groups in total. The number of fused-ring (bicyclic) bond motifs is 1. The molecule has 4 aromatic rings. The van der Waals surface area contributed by atoms with Crippen LogP contribution < -0.4 is 4.72 Å². The summed E-state index contributed by atoms with van der Waals surface area (Å²) < 4.78 is 27.7. The van der Waals surface area contributed by atoms with Gasteiger partial charge in [0.25, 0.3) is 10.0 Å². The van der Waals surface area contributed by atoms with E-state index in [0.29, 0.717) is 11.3 Å². The Balaban J connectivity index is 1.55. The van der Waals surface area contributed by atoms with Crippen molar-refractivity contribution in [2.45, 2.75) is 11.8 Å². The Hall–Kier alpha value is -3.38. The Morgan fingerprint density at radius 1 is 0.893 bits per heavy atom. The minimum atomic E-state index is -3.72. The predicted octanol–water partition coefficient (Wildman–Crippen LogP) is 4.84. The van der Waals surface area contributed by atoms with Gasteiger partial charge in [-0.3, -0.25) is 9.52 Å². The van der Waals surface area contributed by atoms with Gasteiger partial charge in [0.05, 0.1) is 4.90 Å². The smallest absolute Gasteiger partial charge is 0.261 e. The van der Waals surface area contributed by atoms with Crippen molar-refractivity contribution >= 4 is 32.4 Å². The van der Waals surface area contributed by atoms with E-state index in [0.717, 1.165) is 22.2 Å². The largest absolute Gasteiger partial charge is 0.355 e. The van der Waals surface area contributed by atoms with Crippen LogP contribution in [-0.4, -0.2) is 19.2 Å². The first-order chi connectivity index (χ1) is 13.4. The molecule has 28 heavy (non-hydrogen) atoms. The minimum Gasteiger partial charge on any atom is -0.355 e. The highest BCUT2D eigenvalue weighted by atomic mass is 32.2. The van der Waals surface area contributed by atoms with Crippen LogP contribution in [0.4, 0.5) is 5.69 Å². The molecule has 0 unspecified atom stereocenters. The Morgan fingerprint density at radius 3 is 2.21 bits per heavy atom. The summed E-state index contributed by atoms with van der Waals surface area (Å²) in [6.07, 6.45) is 0. The number of ketones is 1. The van der Waals surface area contributed by atoms with Crippen LogP contribution >= 0.6 is 0 Å². The number of H-pyrrole nitrogens is 1. The molecule has 0 fully saturated rings. The van der Waals surface area contributed by atoms with Crippen LogP contribution in [0.25, 0.3) is 22.2 Å². The third-order valence-electron chi connectivity index (χ3n) is 4.55. The van der Waals surface area contributed by atoms with Gasteiger partial charge in [-0.05, 0) is 48.9 Å². The van der Waals surface area contributed by atoms with Crippen molar-refractivity contribution < 1.29 is 13.2 Å². The van der Waals surface area contributed by atoms with Crippen molar-refractivity contribution in [2.75, 3.05) is 4.72 Å². The number of benzene rings is 3. The van der Waals surface area contributed by atoms with E-state index >= 15 is 0 Å². The summed E-state index contributed by atoms with van der Waals surface area (Å²) in [6, 6.07) is 23.1. The molecule has 0 saturated heterocycles. The zero-order chi connectivity index (χ0) is 19.7. The van der Waals surface area contributed by atoms with Gasteiger partial charge in [0.1, 0.15) is 0 Å². The molecule has 4 rings (SSSR count). The molecule has 0 aliphatic heterocycles. The Kier molecular flexibility index (Phi) is 4.49. The van der Waals surface area contributed by atoms with E-state index in [1.54, 1.807) is 12.1 Å². The fraction of sp³-hybridized carbons (Fsp3) is 0.0455. The fourth-order valence-corrected chi connectivity index (χ4v) is 4.09. The molecule has 0 radical (unpaired) electrons. The topological polar surface area (TPSA) is 79.0 Å². The molecule has 0 amide bonds. The molecular weight excluding hydrogens is 372 g/mol. The molecule has 0 saturated carbocycles. The van der Waals surface area contributed by atoms with E-state index in [4.69, 9.17) is 0 Å². The molecule has 1 heterocycles. The van der Waals surface area contributed by atoms with Crippen LogP contribution in [0.3, 0.4) is 0 Å². The van der Waals surface area contributed by atoms with Gasteiger partial charge in [0.15, 0.2) is 5.78 Å². The maximum absolute atomic E-state index is 12.6. The number of carbonyl (C=O) groups is 1. The second-order valence-electron chi connectivity index (χ2n) is 6.53. The number of anilines is 1. The number of nitrogens with one attached hydrogen (secondary N) is 2. The van der Waals surface area contributed by atoms with Crippen LogP contribution in [0.15, 0.2) is 83.8 Å². The lowest BCUT2D eigenvalue weighted by atomic mass is 10.1. The molecule has 0 spiro atoms. The lowest BCUT2D eigenvalue weighted by molar-refractivity contribution is 0.101. The van der Waals surface area contributed by atoms with Gasteiger partial charge in [-0.2, -0.15) is 0 Å². The number of rotatable bonds is 5. The van der Waals surface area contributed by atoms with Gasteiger partial charge in [-0.15, -0.1) is 0 Å². The lowest BCUT2D eigenvalue weighted by Gasteiger charge is -2.09. The van der Waals surface area contributed by atoms with E-state index in [1.807, 2.05) is 36.4 Å². The number of carbonyl (C=O) groups excluding carboxylic acids is 1. The van der Waals surface area contributed by atoms with Crippen molar-refractivity contribution in [2.24, 2.45) is 0 Å². The van der Waals surface area contributed by atoms with Gasteiger partial charge >= 0.3 is 0 Å². The Bertz CT molecular complexity index is 1220. The third kappa shape index (κ3) is 3.54. The molecule has 1 aromatic heterocycles. The van der Waals surface area contributed by atoms with E-state index < -0.39 is 10.0 Å². The molecule has 5 nitrogen and oxygen atoms in total. The number of aromatic amines is 1. The van der Waals surface area contributed by atoms with E-state index in [1.165, 1.54) is 31.2 Å². The lowest BCUT2D eigenvalue weighted by Crippen LogP contribution is -2.13. The highest BCUT2D eigenvalue weighted by Crippen LogP contribution is 2.26.